The second-order valence-corrected chi connectivity index (χ2v) is 7.74. The van der Waals surface area contributed by atoms with Gasteiger partial charge in [0.15, 0.2) is 0 Å². The minimum absolute atomic E-state index is 0.0140. The Morgan fingerprint density at radius 3 is 2.66 bits per heavy atom. The van der Waals surface area contributed by atoms with Crippen molar-refractivity contribution in [1.82, 2.24) is 15.2 Å². The zero-order valence-electron chi connectivity index (χ0n) is 16.2. The molecule has 1 fully saturated rings. The van der Waals surface area contributed by atoms with Crippen LogP contribution in [0.5, 0.6) is 0 Å². The number of amides is 1. The van der Waals surface area contributed by atoms with Crippen LogP contribution in [-0.4, -0.2) is 54.7 Å². The summed E-state index contributed by atoms with van der Waals surface area (Å²) in [6.45, 7) is 4.02. The summed E-state index contributed by atoms with van der Waals surface area (Å²) in [5, 5.41) is 4.76. The van der Waals surface area contributed by atoms with Crippen LogP contribution in [0.15, 0.2) is 60.7 Å². The fourth-order valence-electron chi connectivity index (χ4n) is 3.63. The zero-order chi connectivity index (χ0) is 20.1. The van der Waals surface area contributed by atoms with E-state index in [9.17, 15) is 4.79 Å². The average Bonchev–Trinajstić information content (AvgIpc) is 2.74. The summed E-state index contributed by atoms with van der Waals surface area (Å²) in [5.41, 5.74) is 2.32. The quantitative estimate of drug-likeness (QED) is 0.676. The van der Waals surface area contributed by atoms with E-state index < -0.39 is 0 Å². The van der Waals surface area contributed by atoms with Crippen LogP contribution in [0.3, 0.4) is 0 Å². The Kier molecular flexibility index (Phi) is 6.39. The van der Waals surface area contributed by atoms with Gasteiger partial charge in [-0.15, -0.1) is 0 Å². The van der Waals surface area contributed by atoms with Gasteiger partial charge >= 0.3 is 0 Å². The number of carbonyl (C=O) groups excluding carboxylic acids is 1. The number of morpholine rings is 1. The number of rotatable bonds is 6. The topological polar surface area (TPSA) is 54.5 Å². The standard InChI is InChI=1S/C23H24ClN3O2/c24-19-8-6-18-7-9-21(26-22(18)15-19)23(28)25-20(14-17-4-2-1-3-5-17)16-27-10-12-29-13-11-27/h1-9,15,20H,10-14,16H2,(H,25,28). The second kappa shape index (κ2) is 9.35. The molecule has 1 atom stereocenters. The van der Waals surface area contributed by atoms with Crippen LogP contribution >= 0.6 is 11.6 Å². The molecule has 150 valence electrons. The fraction of sp³-hybridized carbons (Fsp3) is 0.304. The smallest absolute Gasteiger partial charge is 0.270 e. The number of ether oxygens (including phenoxy) is 1. The number of halogens is 1. The molecule has 1 aliphatic rings. The van der Waals surface area contributed by atoms with E-state index in [1.54, 1.807) is 12.1 Å². The van der Waals surface area contributed by atoms with Crippen molar-refractivity contribution in [3.63, 3.8) is 0 Å². The van der Waals surface area contributed by atoms with Crippen molar-refractivity contribution in [3.8, 4) is 0 Å². The first-order chi connectivity index (χ1) is 14.2. The van der Waals surface area contributed by atoms with Crippen LogP contribution in [0, 0.1) is 0 Å². The van der Waals surface area contributed by atoms with Crippen LogP contribution in [0.1, 0.15) is 16.1 Å². The minimum Gasteiger partial charge on any atom is -0.379 e. The summed E-state index contributed by atoms with van der Waals surface area (Å²) in [6.07, 6.45) is 0.767. The van der Waals surface area contributed by atoms with Gasteiger partial charge in [0.25, 0.3) is 5.91 Å². The highest BCUT2D eigenvalue weighted by atomic mass is 35.5. The second-order valence-electron chi connectivity index (χ2n) is 7.31. The molecular formula is C23H24ClN3O2. The monoisotopic (exact) mass is 409 g/mol. The van der Waals surface area contributed by atoms with Crippen molar-refractivity contribution in [2.45, 2.75) is 12.5 Å². The third-order valence-corrected chi connectivity index (χ3v) is 5.36. The van der Waals surface area contributed by atoms with Crippen LogP contribution < -0.4 is 5.32 Å². The number of hydrogen-bond acceptors (Lipinski definition) is 4. The molecule has 3 aromatic rings. The molecule has 1 aliphatic heterocycles. The number of hydrogen-bond donors (Lipinski definition) is 1. The molecule has 0 saturated carbocycles. The van der Waals surface area contributed by atoms with Crippen molar-refractivity contribution in [2.75, 3.05) is 32.8 Å². The van der Waals surface area contributed by atoms with E-state index in [0.717, 1.165) is 50.2 Å². The number of aromatic nitrogens is 1. The van der Waals surface area contributed by atoms with Crippen molar-refractivity contribution in [1.29, 1.82) is 0 Å². The van der Waals surface area contributed by atoms with Gasteiger partial charge in [0.05, 0.1) is 18.7 Å². The van der Waals surface area contributed by atoms with E-state index in [0.29, 0.717) is 10.7 Å². The Hall–Kier alpha value is -2.47. The van der Waals surface area contributed by atoms with Crippen LogP contribution in [0.2, 0.25) is 5.02 Å². The van der Waals surface area contributed by atoms with Gasteiger partial charge in [0.2, 0.25) is 0 Å². The first kappa shape index (κ1) is 19.8. The number of nitrogens with one attached hydrogen (secondary N) is 1. The maximum absolute atomic E-state index is 13.0. The highest BCUT2D eigenvalue weighted by molar-refractivity contribution is 6.31. The van der Waals surface area contributed by atoms with Gasteiger partial charge in [0, 0.05) is 36.1 Å². The number of carbonyl (C=O) groups is 1. The van der Waals surface area contributed by atoms with Crippen molar-refractivity contribution in [3.05, 3.63) is 76.9 Å². The van der Waals surface area contributed by atoms with Crippen molar-refractivity contribution in [2.24, 2.45) is 0 Å². The summed E-state index contributed by atoms with van der Waals surface area (Å²) in [5.74, 6) is -0.166. The SMILES string of the molecule is O=C(NC(Cc1ccccc1)CN1CCOCC1)c1ccc2ccc(Cl)cc2n1. The minimum atomic E-state index is -0.166. The van der Waals surface area contributed by atoms with Crippen molar-refractivity contribution < 1.29 is 9.53 Å². The molecule has 1 saturated heterocycles. The Morgan fingerprint density at radius 1 is 1.10 bits per heavy atom. The lowest BCUT2D eigenvalue weighted by molar-refractivity contribution is 0.0333. The Morgan fingerprint density at radius 2 is 1.86 bits per heavy atom. The first-order valence-corrected chi connectivity index (χ1v) is 10.3. The molecule has 0 bridgehead atoms. The average molecular weight is 410 g/mol. The van der Waals surface area contributed by atoms with Crippen LogP contribution in [0.4, 0.5) is 0 Å². The predicted molar refractivity (Wildman–Crippen MR) is 115 cm³/mol. The summed E-state index contributed by atoms with van der Waals surface area (Å²) < 4.78 is 5.45. The maximum Gasteiger partial charge on any atom is 0.270 e. The third-order valence-electron chi connectivity index (χ3n) is 5.13. The molecule has 2 heterocycles. The van der Waals surface area contributed by atoms with Gasteiger partial charge in [-0.3, -0.25) is 9.69 Å². The molecular weight excluding hydrogens is 386 g/mol. The molecule has 1 amide bonds. The lowest BCUT2D eigenvalue weighted by atomic mass is 10.0. The van der Waals surface area contributed by atoms with Gasteiger partial charge in [0.1, 0.15) is 5.69 Å². The van der Waals surface area contributed by atoms with E-state index in [-0.39, 0.29) is 11.9 Å². The molecule has 4 rings (SSSR count). The molecule has 1 aromatic heterocycles. The van der Waals surface area contributed by atoms with Gasteiger partial charge in [-0.05, 0) is 30.2 Å². The van der Waals surface area contributed by atoms with Gasteiger partial charge in [-0.1, -0.05) is 54.1 Å². The van der Waals surface area contributed by atoms with E-state index in [1.165, 1.54) is 5.56 Å². The molecule has 6 heteroatoms. The number of pyridine rings is 1. The van der Waals surface area contributed by atoms with E-state index >= 15 is 0 Å². The fourth-order valence-corrected chi connectivity index (χ4v) is 3.80. The Labute approximate surface area is 175 Å². The number of nitrogens with zero attached hydrogens (tertiary/aromatic N) is 2. The van der Waals surface area contributed by atoms with Gasteiger partial charge in [-0.25, -0.2) is 4.98 Å². The molecule has 2 aromatic carbocycles. The molecule has 0 radical (unpaired) electrons. The molecule has 0 aliphatic carbocycles. The van der Waals surface area contributed by atoms with E-state index in [4.69, 9.17) is 16.3 Å². The Bertz CT molecular complexity index is 974. The summed E-state index contributed by atoms with van der Waals surface area (Å²) >= 11 is 6.08. The maximum atomic E-state index is 13.0. The summed E-state index contributed by atoms with van der Waals surface area (Å²) in [7, 11) is 0. The highest BCUT2D eigenvalue weighted by Crippen LogP contribution is 2.18. The molecule has 0 spiro atoms. The normalized spacial score (nSPS) is 15.9. The summed E-state index contributed by atoms with van der Waals surface area (Å²) in [6, 6.07) is 19.4. The number of benzene rings is 2. The zero-order valence-corrected chi connectivity index (χ0v) is 16.9. The molecule has 1 unspecified atom stereocenters. The van der Waals surface area contributed by atoms with Crippen LogP contribution in [-0.2, 0) is 11.2 Å². The third kappa shape index (κ3) is 5.32. The first-order valence-electron chi connectivity index (χ1n) is 9.88. The number of fused-ring (bicyclic) bond motifs is 1. The Balaban J connectivity index is 1.51. The summed E-state index contributed by atoms with van der Waals surface area (Å²) in [4.78, 5) is 19.8. The largest absolute Gasteiger partial charge is 0.379 e. The molecule has 29 heavy (non-hydrogen) atoms. The highest BCUT2D eigenvalue weighted by Gasteiger charge is 2.20. The lowest BCUT2D eigenvalue weighted by Gasteiger charge is -2.31. The van der Waals surface area contributed by atoms with Crippen molar-refractivity contribution >= 4 is 28.4 Å². The van der Waals surface area contributed by atoms with E-state index in [2.05, 4.69) is 27.3 Å². The molecule has 5 nitrogen and oxygen atoms in total. The molecule has 1 N–H and O–H groups in total. The van der Waals surface area contributed by atoms with Gasteiger partial charge in [-0.2, -0.15) is 0 Å². The lowest BCUT2D eigenvalue weighted by Crippen LogP contribution is -2.48. The predicted octanol–water partition coefficient (Wildman–Crippen LogP) is 3.56. The van der Waals surface area contributed by atoms with Gasteiger partial charge < -0.3 is 10.1 Å². The van der Waals surface area contributed by atoms with Crippen LogP contribution in [0.25, 0.3) is 10.9 Å². The van der Waals surface area contributed by atoms with E-state index in [1.807, 2.05) is 36.4 Å².